The number of carbonyl (C=O) groups is 1. The van der Waals surface area contributed by atoms with E-state index in [4.69, 9.17) is 17.3 Å². The fourth-order valence-corrected chi connectivity index (χ4v) is 2.74. The lowest BCUT2D eigenvalue weighted by Gasteiger charge is -2.10. The maximum absolute atomic E-state index is 12.8. The molecule has 1 aromatic heterocycles. The van der Waals surface area contributed by atoms with Crippen LogP contribution in [0.1, 0.15) is 34.5 Å². The van der Waals surface area contributed by atoms with Crippen LogP contribution >= 0.6 is 36.4 Å². The van der Waals surface area contributed by atoms with Crippen molar-refractivity contribution in [1.29, 1.82) is 0 Å². The summed E-state index contributed by atoms with van der Waals surface area (Å²) >= 11 is 6.28. The molecule has 0 fully saturated rings. The van der Waals surface area contributed by atoms with Gasteiger partial charge in [-0.25, -0.2) is 0 Å². The van der Waals surface area contributed by atoms with Crippen LogP contribution in [0.3, 0.4) is 0 Å². The average Bonchev–Trinajstić information content (AvgIpc) is 2.53. The van der Waals surface area contributed by atoms with Crippen LogP contribution in [-0.2, 0) is 0 Å². The van der Waals surface area contributed by atoms with Gasteiger partial charge in [0.25, 0.3) is 0 Å². The molecule has 2 N–H and O–H groups in total. The molecular formula is C18H17Cl3N2O. The summed E-state index contributed by atoms with van der Waals surface area (Å²) < 4.78 is 0. The fourth-order valence-electron chi connectivity index (χ4n) is 2.46. The number of aromatic nitrogens is 1. The van der Waals surface area contributed by atoms with Gasteiger partial charge < -0.3 is 5.73 Å². The minimum atomic E-state index is -0.120. The molecule has 0 bridgehead atoms. The van der Waals surface area contributed by atoms with Crippen molar-refractivity contribution in [3.05, 3.63) is 76.6 Å². The first-order chi connectivity index (χ1) is 10.6. The molecule has 6 heteroatoms. The lowest BCUT2D eigenvalue weighted by Crippen LogP contribution is -2.07. The molecule has 0 saturated carbocycles. The molecule has 0 aliphatic rings. The van der Waals surface area contributed by atoms with Gasteiger partial charge >= 0.3 is 0 Å². The summed E-state index contributed by atoms with van der Waals surface area (Å²) in [4.78, 5) is 16.9. The van der Waals surface area contributed by atoms with E-state index in [0.717, 1.165) is 16.3 Å². The zero-order valence-electron chi connectivity index (χ0n) is 12.9. The normalized spacial score (nSPS) is 11.3. The van der Waals surface area contributed by atoms with E-state index in [9.17, 15) is 4.79 Å². The van der Waals surface area contributed by atoms with Crippen molar-refractivity contribution in [3.8, 4) is 0 Å². The van der Waals surface area contributed by atoms with E-state index in [2.05, 4.69) is 4.98 Å². The molecular weight excluding hydrogens is 367 g/mol. The van der Waals surface area contributed by atoms with Crippen LogP contribution in [0, 0.1) is 0 Å². The number of nitrogens with zero attached hydrogens (tertiary/aromatic N) is 1. The first-order valence-corrected chi connectivity index (χ1v) is 7.38. The standard InChI is InChI=1S/C18H15ClN2O.2ClH/c1-11(20)12-5-6-16(17(19)9-12)18(22)15-4-2-3-13-10-21-8-7-14(13)15;;/h2-11H,20H2,1H3;2*1H/t11-;;/m0../s1. The Hall–Kier alpha value is -1.65. The molecule has 3 rings (SSSR count). The van der Waals surface area contributed by atoms with Gasteiger partial charge in [-0.15, -0.1) is 24.8 Å². The van der Waals surface area contributed by atoms with E-state index in [1.54, 1.807) is 30.6 Å². The third-order valence-electron chi connectivity index (χ3n) is 3.69. The fraction of sp³-hybridized carbons (Fsp3) is 0.111. The van der Waals surface area contributed by atoms with Gasteiger partial charge in [0.15, 0.2) is 5.78 Å². The molecule has 24 heavy (non-hydrogen) atoms. The molecule has 3 aromatic rings. The molecule has 0 aliphatic heterocycles. The SMILES string of the molecule is C[C@H](N)c1ccc(C(=O)c2cccc3cnccc23)c(Cl)c1.Cl.Cl. The number of carbonyl (C=O) groups excluding carboxylic acids is 1. The van der Waals surface area contributed by atoms with Crippen molar-refractivity contribution in [3.63, 3.8) is 0 Å². The van der Waals surface area contributed by atoms with Crippen molar-refractivity contribution in [1.82, 2.24) is 4.98 Å². The summed E-state index contributed by atoms with van der Waals surface area (Å²) in [6, 6.07) is 12.6. The first kappa shape index (κ1) is 20.4. The molecule has 3 nitrogen and oxygen atoms in total. The molecule has 0 spiro atoms. The summed E-state index contributed by atoms with van der Waals surface area (Å²) in [5.41, 5.74) is 7.85. The van der Waals surface area contributed by atoms with Crippen LogP contribution in [0.4, 0.5) is 0 Å². The minimum Gasteiger partial charge on any atom is -0.324 e. The zero-order chi connectivity index (χ0) is 15.7. The van der Waals surface area contributed by atoms with Crippen LogP contribution in [-0.4, -0.2) is 10.8 Å². The van der Waals surface area contributed by atoms with Gasteiger partial charge in [0.2, 0.25) is 0 Å². The van der Waals surface area contributed by atoms with E-state index in [1.807, 2.05) is 31.2 Å². The monoisotopic (exact) mass is 382 g/mol. The molecule has 0 radical (unpaired) electrons. The Balaban J connectivity index is 0.00000144. The van der Waals surface area contributed by atoms with Crippen molar-refractivity contribution >= 4 is 53.0 Å². The highest BCUT2D eigenvalue weighted by Crippen LogP contribution is 2.26. The third kappa shape index (κ3) is 3.87. The van der Waals surface area contributed by atoms with Crippen LogP contribution in [0.25, 0.3) is 10.8 Å². The second-order valence-electron chi connectivity index (χ2n) is 5.26. The Labute approximate surface area is 158 Å². The maximum Gasteiger partial charge on any atom is 0.195 e. The van der Waals surface area contributed by atoms with Crippen molar-refractivity contribution in [2.75, 3.05) is 0 Å². The average molecular weight is 384 g/mol. The number of benzene rings is 2. The number of halogens is 3. The van der Waals surface area contributed by atoms with Crippen LogP contribution in [0.15, 0.2) is 54.9 Å². The van der Waals surface area contributed by atoms with Crippen LogP contribution < -0.4 is 5.73 Å². The van der Waals surface area contributed by atoms with Crippen LogP contribution in [0.2, 0.25) is 5.02 Å². The number of fused-ring (bicyclic) bond motifs is 1. The molecule has 0 saturated heterocycles. The minimum absolute atomic E-state index is 0. The number of nitrogens with two attached hydrogens (primary N) is 1. The largest absolute Gasteiger partial charge is 0.324 e. The maximum atomic E-state index is 12.8. The van der Waals surface area contributed by atoms with Crippen LogP contribution in [0.5, 0.6) is 0 Å². The summed E-state index contributed by atoms with van der Waals surface area (Å²) in [7, 11) is 0. The Bertz CT molecular complexity index is 861. The lowest BCUT2D eigenvalue weighted by molar-refractivity contribution is 0.104. The summed E-state index contributed by atoms with van der Waals surface area (Å²) in [5, 5.41) is 2.22. The second-order valence-corrected chi connectivity index (χ2v) is 5.67. The van der Waals surface area contributed by atoms with Gasteiger partial charge in [0.05, 0.1) is 5.02 Å². The van der Waals surface area contributed by atoms with Gasteiger partial charge in [-0.1, -0.05) is 35.9 Å². The summed E-state index contributed by atoms with van der Waals surface area (Å²) in [6.45, 7) is 1.88. The van der Waals surface area contributed by atoms with E-state index in [-0.39, 0.29) is 36.6 Å². The Morgan fingerprint density at radius 2 is 1.88 bits per heavy atom. The highest BCUT2D eigenvalue weighted by molar-refractivity contribution is 6.35. The molecule has 126 valence electrons. The number of ketones is 1. The van der Waals surface area contributed by atoms with Gasteiger partial charge in [-0.2, -0.15) is 0 Å². The molecule has 0 amide bonds. The van der Waals surface area contributed by atoms with Gasteiger partial charge in [0.1, 0.15) is 0 Å². The quantitative estimate of drug-likeness (QED) is 0.649. The number of rotatable bonds is 3. The highest BCUT2D eigenvalue weighted by atomic mass is 35.5. The van der Waals surface area contributed by atoms with Gasteiger partial charge in [-0.3, -0.25) is 9.78 Å². The number of pyridine rings is 1. The van der Waals surface area contributed by atoms with E-state index >= 15 is 0 Å². The Morgan fingerprint density at radius 3 is 2.54 bits per heavy atom. The summed E-state index contributed by atoms with van der Waals surface area (Å²) in [5.74, 6) is -0.0991. The van der Waals surface area contributed by atoms with Crippen molar-refractivity contribution in [2.45, 2.75) is 13.0 Å². The zero-order valence-corrected chi connectivity index (χ0v) is 15.3. The predicted molar refractivity (Wildman–Crippen MR) is 104 cm³/mol. The van der Waals surface area contributed by atoms with Crippen molar-refractivity contribution < 1.29 is 4.79 Å². The van der Waals surface area contributed by atoms with E-state index < -0.39 is 0 Å². The second kappa shape index (κ2) is 8.45. The Kier molecular flexibility index (Phi) is 7.18. The lowest BCUT2D eigenvalue weighted by atomic mass is 9.97. The Morgan fingerprint density at radius 1 is 1.12 bits per heavy atom. The van der Waals surface area contributed by atoms with Gasteiger partial charge in [-0.05, 0) is 36.1 Å². The number of hydrogen-bond acceptors (Lipinski definition) is 3. The molecule has 1 heterocycles. The molecule has 0 aliphatic carbocycles. The smallest absolute Gasteiger partial charge is 0.195 e. The molecule has 0 unspecified atom stereocenters. The number of hydrogen-bond donors (Lipinski definition) is 1. The summed E-state index contributed by atoms with van der Waals surface area (Å²) in [6.07, 6.45) is 3.42. The topological polar surface area (TPSA) is 56.0 Å². The van der Waals surface area contributed by atoms with Crippen molar-refractivity contribution in [2.24, 2.45) is 5.73 Å². The first-order valence-electron chi connectivity index (χ1n) is 7.00. The highest BCUT2D eigenvalue weighted by Gasteiger charge is 2.16. The predicted octanol–water partition coefficient (Wildman–Crippen LogP) is 4.98. The molecule has 2 aromatic carbocycles. The molecule has 1 atom stereocenters. The third-order valence-corrected chi connectivity index (χ3v) is 4.00. The van der Waals surface area contributed by atoms with E-state index in [1.165, 1.54) is 0 Å². The van der Waals surface area contributed by atoms with Gasteiger partial charge in [0, 0.05) is 34.9 Å². The van der Waals surface area contributed by atoms with E-state index in [0.29, 0.717) is 16.1 Å².